The van der Waals surface area contributed by atoms with Crippen molar-refractivity contribution in [2.45, 2.75) is 34.6 Å². The molecule has 2 saturated heterocycles. The molecule has 2 aromatic rings. The summed E-state index contributed by atoms with van der Waals surface area (Å²) in [6.45, 7) is 0. The minimum absolute atomic E-state index is 0.167. The Kier molecular flexibility index (Phi) is 7.77. The molecule has 256 valence electrons. The van der Waals surface area contributed by atoms with Crippen LogP contribution in [-0.4, -0.2) is 51.8 Å². The summed E-state index contributed by atoms with van der Waals surface area (Å²) in [6, 6.07) is 13.4. The maximum atomic E-state index is 13.7. The summed E-state index contributed by atoms with van der Waals surface area (Å²) >= 11 is 79.0. The Labute approximate surface area is 338 Å². The lowest BCUT2D eigenvalue weighted by Gasteiger charge is -2.34. The van der Waals surface area contributed by atoms with E-state index in [0.29, 0.717) is 6.42 Å². The standard InChI is InChI=1S/C31H14Cl12N2O4/c32-18-19(33)27(37)15-14(26(18,36)30(27,40)41)22(46)44(23(15)47)12-5-1-10(2-6-12)9-11-3-7-13(8-4-11)45-24(48)16-17(25(45)49)29(39)21(35)20(34)28(16,38)31(29,42)43/h1-8,14-17H,9H2/t14-,15-,16-,17-,26+,27+,28+,29+/m0/s1. The summed E-state index contributed by atoms with van der Waals surface area (Å²) in [6.07, 6.45) is 0.415. The van der Waals surface area contributed by atoms with Crippen molar-refractivity contribution in [3.05, 3.63) is 79.8 Å². The Balaban J connectivity index is 1.01. The van der Waals surface area contributed by atoms with Crippen LogP contribution in [0.15, 0.2) is 68.7 Å². The molecular formula is C31H14Cl12N2O4. The molecule has 2 aromatic carbocycles. The average molecular weight is 904 g/mol. The third kappa shape index (κ3) is 3.71. The molecule has 0 aromatic heterocycles. The number of fused-ring (bicyclic) bond motifs is 10. The SMILES string of the molecule is O=C1[C@@H]2[C@@H](C(=O)N1c1ccc(Cc3ccc(N4C(=O)[C@@H]5[C@@H](C4=O)[C@@]4(Cl)C(Cl)=C(Cl)[C@@]5(Cl)C4(Cl)Cl)cc3)cc1)[C@@]1(Cl)C(Cl)=C(Cl)[C@@]2(Cl)C1(Cl)Cl. The van der Waals surface area contributed by atoms with Gasteiger partial charge in [0.25, 0.3) is 0 Å². The molecule has 8 rings (SSSR count). The van der Waals surface area contributed by atoms with Gasteiger partial charge in [-0.2, -0.15) is 0 Å². The molecule has 2 saturated carbocycles. The summed E-state index contributed by atoms with van der Waals surface area (Å²) in [5.41, 5.74) is 2.18. The first-order valence-electron chi connectivity index (χ1n) is 14.3. The van der Waals surface area contributed by atoms with Crippen LogP contribution in [0.5, 0.6) is 0 Å². The Morgan fingerprint density at radius 1 is 0.429 bits per heavy atom. The number of hydrogen-bond acceptors (Lipinski definition) is 4. The van der Waals surface area contributed by atoms with Crippen LogP contribution in [0.4, 0.5) is 11.4 Å². The van der Waals surface area contributed by atoms with E-state index in [0.717, 1.165) is 20.9 Å². The Morgan fingerprint density at radius 2 is 0.653 bits per heavy atom. The second-order valence-electron chi connectivity index (χ2n) is 12.7. The smallest absolute Gasteiger partial charge is 0.240 e. The van der Waals surface area contributed by atoms with E-state index in [9.17, 15) is 19.2 Å². The van der Waals surface area contributed by atoms with Crippen molar-refractivity contribution in [3.63, 3.8) is 0 Å². The van der Waals surface area contributed by atoms with Gasteiger partial charge >= 0.3 is 0 Å². The van der Waals surface area contributed by atoms with Gasteiger partial charge in [0.1, 0.15) is 19.5 Å². The Morgan fingerprint density at radius 3 is 0.878 bits per heavy atom. The van der Waals surface area contributed by atoms with Crippen LogP contribution >= 0.6 is 139 Å². The minimum atomic E-state index is -2.02. The molecule has 4 aliphatic carbocycles. The molecule has 2 aliphatic heterocycles. The van der Waals surface area contributed by atoms with E-state index < -0.39 is 75.5 Å². The zero-order valence-electron chi connectivity index (χ0n) is 23.7. The minimum Gasteiger partial charge on any atom is -0.274 e. The molecule has 6 aliphatic rings. The van der Waals surface area contributed by atoms with Gasteiger partial charge in [-0.25, -0.2) is 9.80 Å². The first-order chi connectivity index (χ1) is 22.7. The van der Waals surface area contributed by atoms with Crippen molar-refractivity contribution < 1.29 is 19.2 Å². The van der Waals surface area contributed by atoms with Crippen LogP contribution in [0.3, 0.4) is 0 Å². The third-order valence-corrected chi connectivity index (χ3v) is 19.1. The van der Waals surface area contributed by atoms with Gasteiger partial charge in [-0.05, 0) is 41.8 Å². The van der Waals surface area contributed by atoms with Crippen LogP contribution in [-0.2, 0) is 25.6 Å². The monoisotopic (exact) mass is 898 g/mol. The number of halogens is 12. The molecule has 2 heterocycles. The highest BCUT2D eigenvalue weighted by molar-refractivity contribution is 6.68. The van der Waals surface area contributed by atoms with Crippen LogP contribution < -0.4 is 9.80 Å². The number of carbonyl (C=O) groups is 4. The molecule has 6 nitrogen and oxygen atoms in total. The average Bonchev–Trinajstić information content (AvgIpc) is 3.64. The molecule has 49 heavy (non-hydrogen) atoms. The van der Waals surface area contributed by atoms with Crippen LogP contribution in [0.25, 0.3) is 0 Å². The Hall–Kier alpha value is -0.320. The largest absolute Gasteiger partial charge is 0.274 e. The fourth-order valence-corrected chi connectivity index (χ4v) is 14.1. The molecule has 4 fully saturated rings. The van der Waals surface area contributed by atoms with Gasteiger partial charge in [0, 0.05) is 0 Å². The maximum Gasteiger partial charge on any atom is 0.240 e. The van der Waals surface area contributed by atoms with Crippen LogP contribution in [0, 0.1) is 23.7 Å². The molecule has 8 atom stereocenters. The quantitative estimate of drug-likeness (QED) is 0.227. The number of rotatable bonds is 4. The number of benzene rings is 2. The number of carbonyl (C=O) groups excluding carboxylic acids is 4. The van der Waals surface area contributed by atoms with Crippen LogP contribution in [0.2, 0.25) is 0 Å². The number of anilines is 2. The van der Waals surface area contributed by atoms with E-state index in [2.05, 4.69) is 0 Å². The van der Waals surface area contributed by atoms with Gasteiger partial charge in [0.05, 0.1) is 55.2 Å². The van der Waals surface area contributed by atoms with Crippen molar-refractivity contribution in [2.24, 2.45) is 23.7 Å². The second-order valence-corrected chi connectivity index (χ2v) is 19.2. The highest BCUT2D eigenvalue weighted by Gasteiger charge is 2.89. The van der Waals surface area contributed by atoms with Crippen molar-refractivity contribution in [1.82, 2.24) is 0 Å². The predicted octanol–water partition coefficient (Wildman–Crippen LogP) is 9.18. The number of imide groups is 2. The first-order valence-corrected chi connectivity index (χ1v) is 18.8. The number of allylic oxidation sites excluding steroid dienone is 4. The van der Waals surface area contributed by atoms with E-state index in [4.69, 9.17) is 139 Å². The summed E-state index contributed by atoms with van der Waals surface area (Å²) in [7, 11) is 0. The van der Waals surface area contributed by atoms with Gasteiger partial charge in [-0.3, -0.25) is 19.2 Å². The third-order valence-electron chi connectivity index (χ3n) is 10.6. The summed E-state index contributed by atoms with van der Waals surface area (Å²) in [4.78, 5) is 49.0. The zero-order chi connectivity index (χ0) is 35.8. The molecule has 4 amide bonds. The van der Waals surface area contributed by atoms with Crippen molar-refractivity contribution in [2.75, 3.05) is 9.80 Å². The maximum absolute atomic E-state index is 13.7. The van der Waals surface area contributed by atoms with E-state index in [1.54, 1.807) is 48.5 Å². The number of hydrogen-bond donors (Lipinski definition) is 0. The first kappa shape index (κ1) is 35.7. The molecule has 4 bridgehead atoms. The normalized spacial score (nSPS) is 39.7. The fraction of sp³-hybridized carbons (Fsp3) is 0.355. The topological polar surface area (TPSA) is 74.8 Å². The molecule has 0 unspecified atom stereocenters. The zero-order valence-corrected chi connectivity index (χ0v) is 32.8. The van der Waals surface area contributed by atoms with Gasteiger partial charge < -0.3 is 0 Å². The van der Waals surface area contributed by atoms with E-state index >= 15 is 0 Å². The summed E-state index contributed by atoms with van der Waals surface area (Å²) in [5.74, 6) is -7.60. The van der Waals surface area contributed by atoms with Gasteiger partial charge in [0.15, 0.2) is 8.67 Å². The van der Waals surface area contributed by atoms with Crippen molar-refractivity contribution in [1.29, 1.82) is 0 Å². The highest BCUT2D eigenvalue weighted by Crippen LogP contribution is 2.79. The predicted molar refractivity (Wildman–Crippen MR) is 195 cm³/mol. The molecule has 0 spiro atoms. The van der Waals surface area contributed by atoms with E-state index in [1.165, 1.54) is 0 Å². The second kappa shape index (κ2) is 10.7. The fourth-order valence-electron chi connectivity index (χ4n) is 8.26. The van der Waals surface area contributed by atoms with Gasteiger partial charge in [-0.1, -0.05) is 117 Å². The highest BCUT2D eigenvalue weighted by atomic mass is 35.5. The number of nitrogens with zero attached hydrogens (tertiary/aromatic N) is 2. The van der Waals surface area contributed by atoms with Crippen molar-refractivity contribution >= 4 is 174 Å². The van der Waals surface area contributed by atoms with E-state index in [1.807, 2.05) is 0 Å². The lowest BCUT2D eigenvalue weighted by molar-refractivity contribution is -0.124. The van der Waals surface area contributed by atoms with Gasteiger partial charge in [0.2, 0.25) is 23.6 Å². The molecule has 0 radical (unpaired) electrons. The van der Waals surface area contributed by atoms with Crippen molar-refractivity contribution in [3.8, 4) is 0 Å². The number of alkyl halides is 8. The lowest BCUT2D eigenvalue weighted by Crippen LogP contribution is -2.50. The number of amides is 4. The lowest BCUT2D eigenvalue weighted by atomic mass is 9.84. The molecule has 18 heteroatoms. The summed E-state index contributed by atoms with van der Waals surface area (Å²) in [5, 5.41) is -0.670. The Bertz CT molecular complexity index is 1800. The van der Waals surface area contributed by atoms with Gasteiger partial charge in [-0.15, -0.1) is 46.4 Å². The molecule has 0 N–H and O–H groups in total. The molecular weight excluding hydrogens is 890 g/mol. The summed E-state index contributed by atoms with van der Waals surface area (Å²) < 4.78 is -4.04. The van der Waals surface area contributed by atoms with E-state index in [-0.39, 0.29) is 31.5 Å². The van der Waals surface area contributed by atoms with Crippen LogP contribution in [0.1, 0.15) is 11.1 Å².